The van der Waals surface area contributed by atoms with Crippen molar-refractivity contribution in [2.24, 2.45) is 0 Å². The van der Waals surface area contributed by atoms with Gasteiger partial charge in [0.25, 0.3) is 5.56 Å². The number of aliphatic hydroxyl groups is 2. The lowest BCUT2D eigenvalue weighted by Gasteiger charge is -2.14. The summed E-state index contributed by atoms with van der Waals surface area (Å²) in [7, 11) is 0. The molecule has 1 aromatic rings. The number of aromatic amines is 1. The predicted octanol–water partition coefficient (Wildman–Crippen LogP) is 1.16. The van der Waals surface area contributed by atoms with Gasteiger partial charge < -0.3 is 14.9 Å². The Labute approximate surface area is 140 Å². The van der Waals surface area contributed by atoms with E-state index in [-0.39, 0.29) is 13.0 Å². The van der Waals surface area contributed by atoms with E-state index >= 15 is 0 Å². The molecular formula is C17H26N2O5. The van der Waals surface area contributed by atoms with E-state index in [0.717, 1.165) is 19.3 Å². The first kappa shape index (κ1) is 18.6. The summed E-state index contributed by atoms with van der Waals surface area (Å²) in [4.78, 5) is 26.2. The average Bonchev–Trinajstić information content (AvgIpc) is 2.93. The number of H-pyrrole nitrogens is 1. The number of aliphatic hydroxyl groups excluding tert-OH is 2. The number of rotatable bonds is 8. The lowest BCUT2D eigenvalue weighted by atomic mass is 10.1. The lowest BCUT2D eigenvalue weighted by molar-refractivity contribution is -0.0459. The lowest BCUT2D eigenvalue weighted by Crippen LogP contribution is -2.33. The molecule has 3 N–H and O–H groups in total. The molecule has 0 aliphatic carbocycles. The van der Waals surface area contributed by atoms with Gasteiger partial charge in [-0.2, -0.15) is 0 Å². The molecule has 0 spiro atoms. The van der Waals surface area contributed by atoms with Gasteiger partial charge in [0.1, 0.15) is 12.3 Å². The SMILES string of the molecule is CCCCCC/C=C/c1cn([C@H]2C[C@H](O)[C@@H](CO)O2)c(=O)[nH]c1=O. The van der Waals surface area contributed by atoms with E-state index in [0.29, 0.717) is 5.56 Å². The van der Waals surface area contributed by atoms with E-state index < -0.39 is 29.7 Å². The van der Waals surface area contributed by atoms with Crippen molar-refractivity contribution in [1.29, 1.82) is 0 Å². The molecule has 0 radical (unpaired) electrons. The second-order valence-electron chi connectivity index (χ2n) is 6.12. The average molecular weight is 338 g/mol. The molecule has 1 saturated heterocycles. The Kier molecular flexibility index (Phi) is 6.96. The van der Waals surface area contributed by atoms with Crippen LogP contribution < -0.4 is 11.2 Å². The predicted molar refractivity (Wildman–Crippen MR) is 90.7 cm³/mol. The highest BCUT2D eigenvalue weighted by atomic mass is 16.5. The number of hydrogen-bond donors (Lipinski definition) is 3. The Morgan fingerprint density at radius 1 is 1.38 bits per heavy atom. The van der Waals surface area contributed by atoms with Gasteiger partial charge in [0.05, 0.1) is 18.3 Å². The minimum atomic E-state index is -0.837. The van der Waals surface area contributed by atoms with Gasteiger partial charge in [0.2, 0.25) is 0 Å². The van der Waals surface area contributed by atoms with Crippen molar-refractivity contribution >= 4 is 6.08 Å². The molecule has 3 atom stereocenters. The quantitative estimate of drug-likeness (QED) is 0.617. The summed E-state index contributed by atoms with van der Waals surface area (Å²) in [5, 5.41) is 18.9. The summed E-state index contributed by atoms with van der Waals surface area (Å²) < 4.78 is 6.73. The van der Waals surface area contributed by atoms with Crippen molar-refractivity contribution in [3.63, 3.8) is 0 Å². The smallest absolute Gasteiger partial charge is 0.330 e. The summed E-state index contributed by atoms with van der Waals surface area (Å²) in [6.45, 7) is 1.84. The van der Waals surface area contributed by atoms with Crippen LogP contribution in [-0.4, -0.2) is 38.6 Å². The molecular weight excluding hydrogens is 312 g/mol. The van der Waals surface area contributed by atoms with Crippen LogP contribution in [0.1, 0.15) is 57.2 Å². The van der Waals surface area contributed by atoms with Crippen molar-refractivity contribution in [3.05, 3.63) is 38.7 Å². The molecule has 1 fully saturated rings. The maximum Gasteiger partial charge on any atom is 0.330 e. The minimum Gasteiger partial charge on any atom is -0.394 e. The van der Waals surface area contributed by atoms with Crippen molar-refractivity contribution in [2.75, 3.05) is 6.61 Å². The number of ether oxygens (including phenoxy) is 1. The normalized spacial score (nSPS) is 24.0. The van der Waals surface area contributed by atoms with Gasteiger partial charge in [-0.3, -0.25) is 14.3 Å². The molecule has 1 aromatic heterocycles. The molecule has 2 rings (SSSR count). The summed E-state index contributed by atoms with van der Waals surface area (Å²) >= 11 is 0. The van der Waals surface area contributed by atoms with E-state index in [4.69, 9.17) is 9.84 Å². The zero-order valence-corrected chi connectivity index (χ0v) is 14.0. The van der Waals surface area contributed by atoms with E-state index in [1.165, 1.54) is 23.6 Å². The second-order valence-corrected chi connectivity index (χ2v) is 6.12. The topological polar surface area (TPSA) is 105 Å². The molecule has 7 nitrogen and oxygen atoms in total. The van der Waals surface area contributed by atoms with Crippen molar-refractivity contribution < 1.29 is 14.9 Å². The summed E-state index contributed by atoms with van der Waals surface area (Å²) in [5.41, 5.74) is -0.662. The molecule has 0 saturated carbocycles. The fourth-order valence-corrected chi connectivity index (χ4v) is 2.78. The van der Waals surface area contributed by atoms with Gasteiger partial charge in [-0.1, -0.05) is 38.3 Å². The fourth-order valence-electron chi connectivity index (χ4n) is 2.78. The molecule has 7 heteroatoms. The maximum atomic E-state index is 12.0. The minimum absolute atomic E-state index is 0.192. The Morgan fingerprint density at radius 3 is 2.83 bits per heavy atom. The first-order valence-electron chi connectivity index (χ1n) is 8.53. The summed E-state index contributed by atoms with van der Waals surface area (Å²) in [6, 6.07) is 0. The molecule has 2 heterocycles. The van der Waals surface area contributed by atoms with Crippen LogP contribution in [0, 0.1) is 0 Å². The van der Waals surface area contributed by atoms with Gasteiger partial charge in [0, 0.05) is 12.6 Å². The molecule has 1 aliphatic rings. The molecule has 0 unspecified atom stereocenters. The number of allylic oxidation sites excluding steroid dienone is 1. The Balaban J connectivity index is 2.10. The van der Waals surface area contributed by atoms with Gasteiger partial charge in [-0.15, -0.1) is 0 Å². The van der Waals surface area contributed by atoms with Gasteiger partial charge in [0.15, 0.2) is 0 Å². The van der Waals surface area contributed by atoms with Crippen LogP contribution in [-0.2, 0) is 4.74 Å². The highest BCUT2D eigenvalue weighted by Gasteiger charge is 2.35. The molecule has 24 heavy (non-hydrogen) atoms. The maximum absolute atomic E-state index is 12.0. The third-order valence-corrected chi connectivity index (χ3v) is 4.21. The van der Waals surface area contributed by atoms with Crippen molar-refractivity contribution in [3.8, 4) is 0 Å². The third kappa shape index (κ3) is 4.66. The zero-order chi connectivity index (χ0) is 17.5. The van der Waals surface area contributed by atoms with Crippen molar-refractivity contribution in [2.45, 2.75) is 63.9 Å². The largest absolute Gasteiger partial charge is 0.394 e. The number of nitrogens with zero attached hydrogens (tertiary/aromatic N) is 1. The highest BCUT2D eigenvalue weighted by molar-refractivity contribution is 5.46. The Hall–Kier alpha value is -1.70. The monoisotopic (exact) mass is 338 g/mol. The first-order valence-corrected chi connectivity index (χ1v) is 8.53. The van der Waals surface area contributed by atoms with Crippen LogP contribution in [0.5, 0.6) is 0 Å². The number of hydrogen-bond acceptors (Lipinski definition) is 5. The van der Waals surface area contributed by atoms with Gasteiger partial charge in [-0.05, 0) is 12.8 Å². The standard InChI is InChI=1S/C17H26N2O5/c1-2-3-4-5-6-7-8-12-10-19(17(23)18-16(12)22)15-9-13(21)14(11-20)24-15/h7-8,10,13-15,20-21H,2-6,9,11H2,1H3,(H,18,22,23)/b8-7+/t13-,14+,15+/m0/s1. The van der Waals surface area contributed by atoms with Crippen LogP contribution in [0.15, 0.2) is 21.9 Å². The summed E-state index contributed by atoms with van der Waals surface area (Å²) in [6.07, 6.45) is 8.50. The molecule has 0 bridgehead atoms. The summed E-state index contributed by atoms with van der Waals surface area (Å²) in [5.74, 6) is 0. The van der Waals surface area contributed by atoms with Gasteiger partial charge in [-0.25, -0.2) is 4.79 Å². The Bertz CT molecular complexity index is 664. The van der Waals surface area contributed by atoms with Crippen LogP contribution >= 0.6 is 0 Å². The van der Waals surface area contributed by atoms with Crippen LogP contribution in [0.2, 0.25) is 0 Å². The third-order valence-electron chi connectivity index (χ3n) is 4.21. The highest BCUT2D eigenvalue weighted by Crippen LogP contribution is 2.27. The number of unbranched alkanes of at least 4 members (excludes halogenated alkanes) is 4. The van der Waals surface area contributed by atoms with E-state index in [1.54, 1.807) is 6.08 Å². The van der Waals surface area contributed by atoms with Gasteiger partial charge >= 0.3 is 5.69 Å². The molecule has 134 valence electrons. The molecule has 1 aliphatic heterocycles. The number of nitrogens with one attached hydrogen (secondary N) is 1. The van der Waals surface area contributed by atoms with Crippen LogP contribution in [0.25, 0.3) is 6.08 Å². The number of aromatic nitrogens is 2. The Morgan fingerprint density at radius 2 is 2.17 bits per heavy atom. The van der Waals surface area contributed by atoms with Crippen molar-refractivity contribution in [1.82, 2.24) is 9.55 Å². The molecule has 0 aromatic carbocycles. The molecule has 0 amide bonds. The zero-order valence-electron chi connectivity index (χ0n) is 14.0. The first-order chi connectivity index (χ1) is 11.6. The van der Waals surface area contributed by atoms with Crippen LogP contribution in [0.3, 0.4) is 0 Å². The fraction of sp³-hybridized carbons (Fsp3) is 0.647. The van der Waals surface area contributed by atoms with E-state index in [9.17, 15) is 14.7 Å². The van der Waals surface area contributed by atoms with E-state index in [1.807, 2.05) is 6.08 Å². The van der Waals surface area contributed by atoms with Crippen LogP contribution in [0.4, 0.5) is 0 Å². The second kappa shape index (κ2) is 8.96. The van der Waals surface area contributed by atoms with E-state index in [2.05, 4.69) is 11.9 Å².